The number of benzene rings is 1. The van der Waals surface area contributed by atoms with Gasteiger partial charge in [0.25, 0.3) is 0 Å². The molecule has 1 aromatic carbocycles. The van der Waals surface area contributed by atoms with E-state index >= 15 is 0 Å². The largest absolute Gasteiger partial charge is 0.497 e. The predicted molar refractivity (Wildman–Crippen MR) is 91.5 cm³/mol. The summed E-state index contributed by atoms with van der Waals surface area (Å²) >= 11 is 0. The van der Waals surface area contributed by atoms with E-state index in [-0.39, 0.29) is 12.1 Å². The molecule has 3 rings (SSSR count). The van der Waals surface area contributed by atoms with Crippen molar-refractivity contribution in [2.24, 2.45) is 0 Å². The van der Waals surface area contributed by atoms with Crippen molar-refractivity contribution in [3.8, 4) is 11.6 Å². The van der Waals surface area contributed by atoms with E-state index in [9.17, 15) is 4.79 Å². The van der Waals surface area contributed by atoms with Crippen LogP contribution in [0.25, 0.3) is 0 Å². The number of likely N-dealkylation sites (tertiary alicyclic amines) is 1. The maximum atomic E-state index is 12.7. The minimum absolute atomic E-state index is 0.0681. The second kappa shape index (κ2) is 7.21. The minimum atomic E-state index is -0.139. The smallest absolute Gasteiger partial charge is 0.322 e. The third-order valence-corrected chi connectivity index (χ3v) is 4.22. The Hall–Kier alpha value is -2.76. The van der Waals surface area contributed by atoms with Gasteiger partial charge < -0.3 is 19.7 Å². The summed E-state index contributed by atoms with van der Waals surface area (Å²) < 4.78 is 10.4. The number of carbonyl (C=O) groups is 1. The summed E-state index contributed by atoms with van der Waals surface area (Å²) in [6.45, 7) is 0.727. The summed E-state index contributed by atoms with van der Waals surface area (Å²) in [6, 6.07) is 11.4. The zero-order valence-corrected chi connectivity index (χ0v) is 13.9. The summed E-state index contributed by atoms with van der Waals surface area (Å²) in [7, 11) is 3.18. The van der Waals surface area contributed by atoms with Gasteiger partial charge in [0.1, 0.15) is 11.4 Å². The molecule has 1 N–H and O–H groups in total. The molecule has 126 valence electrons. The molecule has 0 saturated carbocycles. The average molecular weight is 327 g/mol. The fraction of sp³-hybridized carbons (Fsp3) is 0.333. The molecule has 0 spiro atoms. The van der Waals surface area contributed by atoms with Crippen molar-refractivity contribution in [3.63, 3.8) is 0 Å². The number of pyridine rings is 1. The van der Waals surface area contributed by atoms with Gasteiger partial charge >= 0.3 is 6.03 Å². The third kappa shape index (κ3) is 3.27. The number of rotatable bonds is 4. The van der Waals surface area contributed by atoms with Gasteiger partial charge in [-0.3, -0.25) is 0 Å². The predicted octanol–water partition coefficient (Wildman–Crippen LogP) is 3.47. The number of hydrogen-bond acceptors (Lipinski definition) is 4. The lowest BCUT2D eigenvalue weighted by atomic mass is 10.0. The molecule has 0 aliphatic carbocycles. The van der Waals surface area contributed by atoms with Crippen LogP contribution in [0.3, 0.4) is 0 Å². The lowest BCUT2D eigenvalue weighted by Gasteiger charge is -2.25. The van der Waals surface area contributed by atoms with E-state index in [0.29, 0.717) is 11.6 Å². The van der Waals surface area contributed by atoms with Crippen LogP contribution >= 0.6 is 0 Å². The molecule has 2 aromatic rings. The van der Waals surface area contributed by atoms with Crippen LogP contribution < -0.4 is 14.8 Å². The number of nitrogens with one attached hydrogen (secondary N) is 1. The van der Waals surface area contributed by atoms with E-state index < -0.39 is 0 Å². The van der Waals surface area contributed by atoms with Gasteiger partial charge in [-0.05, 0) is 42.7 Å². The number of urea groups is 1. The molecule has 1 aliphatic heterocycles. The average Bonchev–Trinajstić information content (AvgIpc) is 3.12. The first-order chi connectivity index (χ1) is 11.7. The highest BCUT2D eigenvalue weighted by atomic mass is 16.5. The Labute approximate surface area is 141 Å². The summed E-state index contributed by atoms with van der Waals surface area (Å²) in [5.41, 5.74) is 1.69. The molecule has 1 atom stereocenters. The van der Waals surface area contributed by atoms with Crippen molar-refractivity contribution in [2.75, 3.05) is 26.1 Å². The van der Waals surface area contributed by atoms with E-state index in [1.807, 2.05) is 29.2 Å². The van der Waals surface area contributed by atoms with Crippen LogP contribution in [0.15, 0.2) is 42.6 Å². The van der Waals surface area contributed by atoms with Gasteiger partial charge in [-0.25, -0.2) is 9.78 Å². The molecule has 1 aliphatic rings. The Morgan fingerprint density at radius 1 is 1.21 bits per heavy atom. The van der Waals surface area contributed by atoms with Crippen LogP contribution in [-0.2, 0) is 0 Å². The Morgan fingerprint density at radius 2 is 2.00 bits per heavy atom. The molecule has 24 heavy (non-hydrogen) atoms. The van der Waals surface area contributed by atoms with Crippen LogP contribution in [0.4, 0.5) is 10.5 Å². The molecule has 2 heterocycles. The number of aromatic nitrogens is 1. The Balaban J connectivity index is 1.75. The van der Waals surface area contributed by atoms with Crippen LogP contribution in [-0.4, -0.2) is 36.7 Å². The topological polar surface area (TPSA) is 63.7 Å². The second-order valence-corrected chi connectivity index (χ2v) is 5.61. The minimum Gasteiger partial charge on any atom is -0.497 e. The highest BCUT2D eigenvalue weighted by Crippen LogP contribution is 2.33. The number of amides is 2. The lowest BCUT2D eigenvalue weighted by molar-refractivity contribution is 0.207. The summed E-state index contributed by atoms with van der Waals surface area (Å²) in [6.07, 6.45) is 3.56. The van der Waals surface area contributed by atoms with Gasteiger partial charge in [0.15, 0.2) is 0 Å². The molecule has 2 amide bonds. The fourth-order valence-electron chi connectivity index (χ4n) is 3.02. The second-order valence-electron chi connectivity index (χ2n) is 5.61. The molecule has 6 nitrogen and oxygen atoms in total. The summed E-state index contributed by atoms with van der Waals surface area (Å²) in [4.78, 5) is 18.7. The summed E-state index contributed by atoms with van der Waals surface area (Å²) in [5.74, 6) is 1.22. The van der Waals surface area contributed by atoms with Gasteiger partial charge in [-0.2, -0.15) is 0 Å². The van der Waals surface area contributed by atoms with E-state index in [2.05, 4.69) is 10.3 Å². The highest BCUT2D eigenvalue weighted by molar-refractivity contribution is 5.91. The Kier molecular flexibility index (Phi) is 4.84. The molecule has 1 fully saturated rings. The van der Waals surface area contributed by atoms with Crippen molar-refractivity contribution < 1.29 is 14.3 Å². The molecule has 1 unspecified atom stereocenters. The van der Waals surface area contributed by atoms with Crippen LogP contribution in [0, 0.1) is 0 Å². The first-order valence-corrected chi connectivity index (χ1v) is 7.93. The number of ether oxygens (including phenoxy) is 2. The number of anilines is 1. The quantitative estimate of drug-likeness (QED) is 0.934. The SMILES string of the molecule is COc1ccc(C2CCCN2C(=O)Nc2cccnc2OC)cc1. The first kappa shape index (κ1) is 16.1. The van der Waals surface area contributed by atoms with Crippen molar-refractivity contribution in [3.05, 3.63) is 48.2 Å². The molecule has 0 bridgehead atoms. The molecule has 1 aromatic heterocycles. The zero-order valence-electron chi connectivity index (χ0n) is 13.9. The van der Waals surface area contributed by atoms with Crippen molar-refractivity contribution >= 4 is 11.7 Å². The first-order valence-electron chi connectivity index (χ1n) is 7.93. The maximum Gasteiger partial charge on any atom is 0.322 e. The molecule has 6 heteroatoms. The van der Waals surface area contributed by atoms with Crippen molar-refractivity contribution in [1.29, 1.82) is 0 Å². The Bertz CT molecular complexity index is 703. The maximum absolute atomic E-state index is 12.7. The lowest BCUT2D eigenvalue weighted by Crippen LogP contribution is -2.34. The normalized spacial score (nSPS) is 16.8. The van der Waals surface area contributed by atoms with Crippen LogP contribution in [0.5, 0.6) is 11.6 Å². The Morgan fingerprint density at radius 3 is 2.71 bits per heavy atom. The highest BCUT2D eigenvalue weighted by Gasteiger charge is 2.30. The van der Waals surface area contributed by atoms with Crippen molar-refractivity contribution in [1.82, 2.24) is 9.88 Å². The van der Waals surface area contributed by atoms with E-state index in [4.69, 9.17) is 9.47 Å². The molecular weight excluding hydrogens is 306 g/mol. The number of methoxy groups -OCH3 is 2. The fourth-order valence-corrected chi connectivity index (χ4v) is 3.02. The van der Waals surface area contributed by atoms with Gasteiger partial charge in [0.05, 0.1) is 20.3 Å². The van der Waals surface area contributed by atoms with Gasteiger partial charge in [-0.1, -0.05) is 12.1 Å². The molecule has 0 radical (unpaired) electrons. The van der Waals surface area contributed by atoms with E-state index in [1.165, 1.54) is 7.11 Å². The van der Waals surface area contributed by atoms with Crippen molar-refractivity contribution in [2.45, 2.75) is 18.9 Å². The van der Waals surface area contributed by atoms with Gasteiger partial charge in [0.2, 0.25) is 5.88 Å². The standard InChI is InChI=1S/C18H21N3O3/c1-23-14-9-7-13(8-10-14)16-6-4-12-21(16)18(22)20-15-5-3-11-19-17(15)24-2/h3,5,7-11,16H,4,6,12H2,1-2H3,(H,20,22). The monoisotopic (exact) mass is 327 g/mol. The van der Waals surface area contributed by atoms with Gasteiger partial charge in [-0.15, -0.1) is 0 Å². The van der Waals surface area contributed by atoms with Crippen LogP contribution in [0.2, 0.25) is 0 Å². The molecule has 1 saturated heterocycles. The third-order valence-electron chi connectivity index (χ3n) is 4.22. The number of hydrogen-bond donors (Lipinski definition) is 1. The van der Waals surface area contributed by atoms with E-state index in [1.54, 1.807) is 25.4 Å². The van der Waals surface area contributed by atoms with Crippen LogP contribution in [0.1, 0.15) is 24.4 Å². The van der Waals surface area contributed by atoms with E-state index in [0.717, 1.165) is 30.7 Å². The number of nitrogens with zero attached hydrogens (tertiary/aromatic N) is 2. The number of carbonyl (C=O) groups excluding carboxylic acids is 1. The zero-order chi connectivity index (χ0) is 16.9. The summed E-state index contributed by atoms with van der Waals surface area (Å²) in [5, 5.41) is 2.90. The molecular formula is C18H21N3O3. The van der Waals surface area contributed by atoms with Gasteiger partial charge in [0, 0.05) is 12.7 Å².